The van der Waals surface area contributed by atoms with E-state index in [-0.39, 0.29) is 5.91 Å². The van der Waals surface area contributed by atoms with Crippen LogP contribution in [0.25, 0.3) is 11.1 Å². The molecule has 0 aliphatic heterocycles. The van der Waals surface area contributed by atoms with E-state index in [1.165, 1.54) is 6.21 Å². The van der Waals surface area contributed by atoms with Gasteiger partial charge in [-0.15, -0.1) is 0 Å². The third-order valence-electron chi connectivity index (χ3n) is 5.39. The van der Waals surface area contributed by atoms with E-state index in [1.807, 2.05) is 66.7 Å². The van der Waals surface area contributed by atoms with Crippen LogP contribution in [0.2, 0.25) is 0 Å². The van der Waals surface area contributed by atoms with Crippen molar-refractivity contribution in [1.82, 2.24) is 5.43 Å². The minimum Gasteiger partial charge on any atom is -0.493 e. The summed E-state index contributed by atoms with van der Waals surface area (Å²) in [6.45, 7) is 0.388. The van der Waals surface area contributed by atoms with Crippen molar-refractivity contribution in [2.24, 2.45) is 5.10 Å². The molecule has 4 rings (SSSR count). The fraction of sp³-hybridized carbons (Fsp3) is 0.103. The van der Waals surface area contributed by atoms with Crippen molar-refractivity contribution in [3.63, 3.8) is 0 Å². The molecule has 0 saturated carbocycles. The van der Waals surface area contributed by atoms with Crippen molar-refractivity contribution in [2.75, 3.05) is 14.2 Å². The largest absolute Gasteiger partial charge is 0.493 e. The highest BCUT2D eigenvalue weighted by Crippen LogP contribution is 2.30. The van der Waals surface area contributed by atoms with Gasteiger partial charge < -0.3 is 14.2 Å². The second kappa shape index (κ2) is 11.5. The van der Waals surface area contributed by atoms with E-state index >= 15 is 0 Å². The first kappa shape index (κ1) is 23.6. The van der Waals surface area contributed by atoms with Crippen molar-refractivity contribution in [3.05, 3.63) is 114 Å². The molecule has 0 bridgehead atoms. The molecule has 0 aromatic heterocycles. The maximum Gasteiger partial charge on any atom is 0.271 e. The highest BCUT2D eigenvalue weighted by atomic mass is 16.5. The lowest BCUT2D eigenvalue weighted by molar-refractivity contribution is 0.0955. The van der Waals surface area contributed by atoms with Crippen LogP contribution in [-0.2, 0) is 6.61 Å². The Hall–Kier alpha value is -4.58. The second-order valence-corrected chi connectivity index (χ2v) is 7.63. The van der Waals surface area contributed by atoms with E-state index in [0.29, 0.717) is 29.2 Å². The number of hydrazone groups is 1. The highest BCUT2D eigenvalue weighted by molar-refractivity contribution is 5.95. The number of hydrogen-bond donors (Lipinski definition) is 1. The maximum absolute atomic E-state index is 12.5. The predicted octanol–water partition coefficient (Wildman–Crippen LogP) is 5.71. The molecule has 6 heteroatoms. The topological polar surface area (TPSA) is 69.2 Å². The van der Waals surface area contributed by atoms with Crippen LogP contribution in [-0.4, -0.2) is 26.3 Å². The van der Waals surface area contributed by atoms with Gasteiger partial charge in [0.15, 0.2) is 11.5 Å². The van der Waals surface area contributed by atoms with Crippen molar-refractivity contribution in [1.29, 1.82) is 0 Å². The Morgan fingerprint density at radius 3 is 2.26 bits per heavy atom. The number of benzene rings is 4. The van der Waals surface area contributed by atoms with E-state index in [2.05, 4.69) is 22.7 Å². The smallest absolute Gasteiger partial charge is 0.271 e. The summed E-state index contributed by atoms with van der Waals surface area (Å²) < 4.78 is 16.7. The summed E-state index contributed by atoms with van der Waals surface area (Å²) in [4.78, 5) is 12.5. The number of nitrogens with one attached hydrogen (secondary N) is 1. The van der Waals surface area contributed by atoms with E-state index in [4.69, 9.17) is 14.2 Å². The fourth-order valence-electron chi connectivity index (χ4n) is 3.60. The average Bonchev–Trinajstić information content (AvgIpc) is 2.92. The summed E-state index contributed by atoms with van der Waals surface area (Å²) in [5.74, 6) is 1.63. The van der Waals surface area contributed by atoms with Crippen LogP contribution in [0.1, 0.15) is 21.5 Å². The number of nitrogens with zero attached hydrogens (tertiary/aromatic N) is 1. The number of ether oxygens (including phenoxy) is 3. The summed E-state index contributed by atoms with van der Waals surface area (Å²) in [6, 6.07) is 30.7. The van der Waals surface area contributed by atoms with Gasteiger partial charge in [0.1, 0.15) is 12.4 Å². The number of hydrogen-bond acceptors (Lipinski definition) is 5. The third-order valence-corrected chi connectivity index (χ3v) is 5.39. The predicted molar refractivity (Wildman–Crippen MR) is 137 cm³/mol. The Labute approximate surface area is 204 Å². The van der Waals surface area contributed by atoms with Crippen LogP contribution in [0.15, 0.2) is 102 Å². The minimum absolute atomic E-state index is 0.315. The molecule has 6 nitrogen and oxygen atoms in total. The molecule has 4 aromatic rings. The molecule has 1 N–H and O–H groups in total. The van der Waals surface area contributed by atoms with E-state index in [1.54, 1.807) is 32.4 Å². The molecule has 0 fully saturated rings. The minimum atomic E-state index is -0.315. The van der Waals surface area contributed by atoms with Gasteiger partial charge in [-0.3, -0.25) is 4.79 Å². The molecular weight excluding hydrogens is 440 g/mol. The van der Waals surface area contributed by atoms with Gasteiger partial charge in [0.05, 0.1) is 20.4 Å². The summed E-state index contributed by atoms with van der Waals surface area (Å²) in [5.41, 5.74) is 6.81. The van der Waals surface area contributed by atoms with Crippen LogP contribution >= 0.6 is 0 Å². The molecule has 176 valence electrons. The average molecular weight is 467 g/mol. The van der Waals surface area contributed by atoms with Crippen LogP contribution in [0.4, 0.5) is 0 Å². The zero-order chi connectivity index (χ0) is 24.5. The monoisotopic (exact) mass is 466 g/mol. The maximum atomic E-state index is 12.5. The summed E-state index contributed by atoms with van der Waals surface area (Å²) in [6.07, 6.45) is 1.52. The number of carbonyl (C=O) groups excluding carboxylic acids is 1. The molecule has 0 atom stereocenters. The summed E-state index contributed by atoms with van der Waals surface area (Å²) >= 11 is 0. The summed E-state index contributed by atoms with van der Waals surface area (Å²) in [7, 11) is 3.12. The molecule has 1 amide bonds. The lowest BCUT2D eigenvalue weighted by Gasteiger charge is -2.12. The first-order chi connectivity index (χ1) is 17.2. The first-order valence-corrected chi connectivity index (χ1v) is 11.1. The number of carbonyl (C=O) groups is 1. The Morgan fingerprint density at radius 1 is 0.800 bits per heavy atom. The highest BCUT2D eigenvalue weighted by Gasteiger charge is 2.09. The molecule has 35 heavy (non-hydrogen) atoms. The van der Waals surface area contributed by atoms with Gasteiger partial charge in [0, 0.05) is 16.7 Å². The molecule has 0 unspecified atom stereocenters. The SMILES string of the molecule is COc1cccc(/C=N\NC(=O)c2ccc(COc3ccccc3-c3ccccc3)cc2)c1OC. The number of para-hydroxylation sites is 2. The third kappa shape index (κ3) is 5.86. The normalized spacial score (nSPS) is 10.7. The Kier molecular flexibility index (Phi) is 7.76. The molecule has 4 aromatic carbocycles. The van der Waals surface area contributed by atoms with Gasteiger partial charge in [-0.2, -0.15) is 5.10 Å². The van der Waals surface area contributed by atoms with E-state index in [9.17, 15) is 4.79 Å². The quantitative estimate of drug-likeness (QED) is 0.253. The zero-order valence-electron chi connectivity index (χ0n) is 19.6. The first-order valence-electron chi connectivity index (χ1n) is 11.1. The number of amides is 1. The molecule has 0 aliphatic rings. The van der Waals surface area contributed by atoms with Gasteiger partial charge in [0.25, 0.3) is 5.91 Å². The van der Waals surface area contributed by atoms with Gasteiger partial charge in [-0.05, 0) is 41.5 Å². The molecule has 0 radical (unpaired) electrons. The standard InChI is InChI=1S/C29H26N2O4/c1-33-27-14-8-11-24(28(27)34-2)19-30-31-29(32)23-17-15-21(16-18-23)20-35-26-13-7-6-12-25(26)22-9-4-3-5-10-22/h3-19H,20H2,1-2H3,(H,31,32)/b30-19-. The van der Waals surface area contributed by atoms with Crippen LogP contribution in [0.3, 0.4) is 0 Å². The number of rotatable bonds is 9. The van der Waals surface area contributed by atoms with E-state index < -0.39 is 0 Å². The molecule has 0 spiro atoms. The number of methoxy groups -OCH3 is 2. The lowest BCUT2D eigenvalue weighted by Crippen LogP contribution is -2.17. The van der Waals surface area contributed by atoms with Crippen LogP contribution < -0.4 is 19.6 Å². The molecule has 0 saturated heterocycles. The van der Waals surface area contributed by atoms with Gasteiger partial charge in [0.2, 0.25) is 0 Å². The van der Waals surface area contributed by atoms with Crippen LogP contribution in [0, 0.1) is 0 Å². The Morgan fingerprint density at radius 2 is 1.51 bits per heavy atom. The van der Waals surface area contributed by atoms with E-state index in [0.717, 1.165) is 22.4 Å². The van der Waals surface area contributed by atoms with Gasteiger partial charge >= 0.3 is 0 Å². The van der Waals surface area contributed by atoms with Gasteiger partial charge in [-0.1, -0.05) is 66.7 Å². The van der Waals surface area contributed by atoms with Crippen molar-refractivity contribution in [2.45, 2.75) is 6.61 Å². The Bertz CT molecular complexity index is 1300. The Balaban J connectivity index is 1.37. The molecule has 0 aliphatic carbocycles. The lowest BCUT2D eigenvalue weighted by atomic mass is 10.0. The van der Waals surface area contributed by atoms with Gasteiger partial charge in [-0.25, -0.2) is 5.43 Å². The van der Waals surface area contributed by atoms with Crippen molar-refractivity contribution < 1.29 is 19.0 Å². The van der Waals surface area contributed by atoms with Crippen molar-refractivity contribution >= 4 is 12.1 Å². The molecular formula is C29H26N2O4. The zero-order valence-corrected chi connectivity index (χ0v) is 19.6. The van der Waals surface area contributed by atoms with Crippen molar-refractivity contribution in [3.8, 4) is 28.4 Å². The summed E-state index contributed by atoms with van der Waals surface area (Å²) in [5, 5.41) is 4.05. The fourth-order valence-corrected chi connectivity index (χ4v) is 3.60. The molecule has 0 heterocycles. The van der Waals surface area contributed by atoms with Crippen LogP contribution in [0.5, 0.6) is 17.2 Å². The second-order valence-electron chi connectivity index (χ2n) is 7.63.